The lowest BCUT2D eigenvalue weighted by Crippen LogP contribution is -2.68. The zero-order valence-corrected chi connectivity index (χ0v) is 11.1. The van der Waals surface area contributed by atoms with Gasteiger partial charge in [-0.2, -0.15) is 0 Å². The van der Waals surface area contributed by atoms with Crippen molar-refractivity contribution in [3.05, 3.63) is 0 Å². The summed E-state index contributed by atoms with van der Waals surface area (Å²) in [5.41, 5.74) is 6.88. The molecule has 0 rings (SSSR count). The number of carbonyl (C=O) groups is 4. The van der Waals surface area contributed by atoms with E-state index in [0.29, 0.717) is 0 Å². The molecule has 0 fully saturated rings. The van der Waals surface area contributed by atoms with Crippen molar-refractivity contribution >= 4 is 23.9 Å². The summed E-state index contributed by atoms with van der Waals surface area (Å²) >= 11 is 0. The summed E-state index contributed by atoms with van der Waals surface area (Å²) in [5.74, 6) is -6.06. The Bertz CT molecular complexity index is 364. The van der Waals surface area contributed by atoms with Crippen LogP contribution in [-0.2, 0) is 19.2 Å². The molecule has 0 saturated heterocycles. The van der Waals surface area contributed by atoms with Crippen molar-refractivity contribution in [3.8, 4) is 0 Å². The summed E-state index contributed by atoms with van der Waals surface area (Å²) in [6.07, 6.45) is -3.90. The van der Waals surface area contributed by atoms with Gasteiger partial charge < -0.3 is 38.0 Å². The Kier molecular flexibility index (Phi) is 7.54. The SMILES string of the molecule is N.NC(CC(=O)O)(CC(=O)O)C(N)(CC(=O)O)CC(=O)O. The van der Waals surface area contributed by atoms with Crippen molar-refractivity contribution in [1.82, 2.24) is 6.15 Å². The lowest BCUT2D eigenvalue weighted by Gasteiger charge is -2.42. The predicted molar refractivity (Wildman–Crippen MR) is 67.9 cm³/mol. The van der Waals surface area contributed by atoms with Gasteiger partial charge in [0.1, 0.15) is 0 Å². The maximum atomic E-state index is 10.8. The van der Waals surface area contributed by atoms with Crippen LogP contribution in [0.15, 0.2) is 0 Å². The van der Waals surface area contributed by atoms with E-state index in [0.717, 1.165) is 0 Å². The number of aliphatic carboxylic acids is 4. The van der Waals surface area contributed by atoms with Gasteiger partial charge in [-0.15, -0.1) is 0 Å². The first-order chi connectivity index (χ1) is 8.92. The van der Waals surface area contributed by atoms with E-state index in [1.807, 2.05) is 0 Å². The summed E-state index contributed by atoms with van der Waals surface area (Å²) in [4.78, 5) is 43.2. The number of hydrogen-bond donors (Lipinski definition) is 7. The van der Waals surface area contributed by atoms with E-state index in [9.17, 15) is 19.2 Å². The third-order valence-corrected chi connectivity index (χ3v) is 2.86. The topological polar surface area (TPSA) is 236 Å². The largest absolute Gasteiger partial charge is 0.481 e. The highest BCUT2D eigenvalue weighted by atomic mass is 16.4. The van der Waals surface area contributed by atoms with Crippen LogP contribution < -0.4 is 17.6 Å². The van der Waals surface area contributed by atoms with E-state index in [2.05, 4.69) is 0 Å². The highest BCUT2D eigenvalue weighted by Crippen LogP contribution is 2.31. The fourth-order valence-electron chi connectivity index (χ4n) is 1.91. The van der Waals surface area contributed by atoms with Crippen LogP contribution >= 0.6 is 0 Å². The van der Waals surface area contributed by atoms with E-state index in [-0.39, 0.29) is 6.15 Å². The van der Waals surface area contributed by atoms with Gasteiger partial charge in [0.15, 0.2) is 0 Å². The molecule has 0 aliphatic heterocycles. The smallest absolute Gasteiger partial charge is 0.305 e. The normalized spacial score (nSPS) is 11.3. The zero-order chi connectivity index (χ0) is 16.1. The Balaban J connectivity index is 0. The van der Waals surface area contributed by atoms with E-state index in [1.54, 1.807) is 0 Å². The van der Waals surface area contributed by atoms with Crippen LogP contribution in [0.25, 0.3) is 0 Å². The number of hydrogen-bond acceptors (Lipinski definition) is 7. The van der Waals surface area contributed by atoms with Gasteiger partial charge in [-0.05, 0) is 0 Å². The van der Waals surface area contributed by atoms with Gasteiger partial charge >= 0.3 is 23.9 Å². The fraction of sp³-hybridized carbons (Fsp3) is 0.600. The summed E-state index contributed by atoms with van der Waals surface area (Å²) < 4.78 is 0. The summed E-state index contributed by atoms with van der Waals surface area (Å²) in [6, 6.07) is 0. The minimum atomic E-state index is -2.22. The minimum absolute atomic E-state index is 0. The first-order valence-electron chi connectivity index (χ1n) is 5.37. The molecular weight excluding hydrogens is 290 g/mol. The van der Waals surface area contributed by atoms with Gasteiger partial charge in [0.2, 0.25) is 0 Å². The van der Waals surface area contributed by atoms with E-state index in [4.69, 9.17) is 31.9 Å². The van der Waals surface area contributed by atoms with Crippen molar-refractivity contribution in [3.63, 3.8) is 0 Å². The molecule has 0 aromatic heterocycles. The average molecular weight is 309 g/mol. The highest BCUT2D eigenvalue weighted by Gasteiger charge is 2.51. The van der Waals surface area contributed by atoms with Crippen LogP contribution in [0, 0.1) is 0 Å². The van der Waals surface area contributed by atoms with Crippen molar-refractivity contribution < 1.29 is 39.6 Å². The third-order valence-electron chi connectivity index (χ3n) is 2.86. The van der Waals surface area contributed by atoms with Crippen molar-refractivity contribution in [2.45, 2.75) is 36.8 Å². The second kappa shape index (κ2) is 7.52. The summed E-state index contributed by atoms with van der Waals surface area (Å²) in [5, 5.41) is 35.1. The predicted octanol–water partition coefficient (Wildman–Crippen LogP) is -1.56. The number of nitrogens with two attached hydrogens (primary N) is 2. The number of carboxylic acid groups (broad SMARTS) is 4. The van der Waals surface area contributed by atoms with Crippen LogP contribution in [0.1, 0.15) is 25.7 Å². The molecule has 0 saturated carbocycles. The van der Waals surface area contributed by atoms with Gasteiger partial charge in [0.25, 0.3) is 0 Å². The van der Waals surface area contributed by atoms with Gasteiger partial charge in [0, 0.05) is 0 Å². The second-order valence-electron chi connectivity index (χ2n) is 4.59. The highest BCUT2D eigenvalue weighted by molar-refractivity contribution is 5.78. The first-order valence-corrected chi connectivity index (χ1v) is 5.37. The third kappa shape index (κ3) is 6.16. The molecule has 11 N–H and O–H groups in total. The first kappa shape index (κ1) is 21.1. The van der Waals surface area contributed by atoms with Crippen LogP contribution in [0.5, 0.6) is 0 Å². The molecular formula is C10H19N3O8. The molecule has 11 nitrogen and oxygen atoms in total. The summed E-state index contributed by atoms with van der Waals surface area (Å²) in [7, 11) is 0. The Labute approximate surface area is 119 Å². The fourth-order valence-corrected chi connectivity index (χ4v) is 1.91. The van der Waals surface area contributed by atoms with Crippen LogP contribution in [0.3, 0.4) is 0 Å². The molecule has 0 bridgehead atoms. The van der Waals surface area contributed by atoms with Gasteiger partial charge in [0.05, 0.1) is 36.8 Å². The molecule has 0 unspecified atom stereocenters. The quantitative estimate of drug-likeness (QED) is 0.257. The maximum Gasteiger partial charge on any atom is 0.305 e. The molecule has 0 radical (unpaired) electrons. The maximum absolute atomic E-state index is 10.8. The average Bonchev–Trinajstić information content (AvgIpc) is 2.10. The van der Waals surface area contributed by atoms with Crippen molar-refractivity contribution in [1.29, 1.82) is 0 Å². The molecule has 0 atom stereocenters. The standard InChI is InChI=1S/C10H16N2O8.H3N/c11-9(1-5(13)14,2-6(15)16)10(12,3-7(17)18)4-8(19)20;/h1-4,11-12H2,(H,13,14)(H,15,16)(H,17,18)(H,19,20);1H3. The Hall–Kier alpha value is -2.24. The molecule has 122 valence electrons. The lowest BCUT2D eigenvalue weighted by atomic mass is 9.69. The molecule has 0 heterocycles. The molecule has 0 amide bonds. The Morgan fingerprint density at radius 1 is 0.619 bits per heavy atom. The number of carboxylic acids is 4. The molecule has 0 spiro atoms. The molecule has 0 aliphatic carbocycles. The van der Waals surface area contributed by atoms with Crippen LogP contribution in [0.4, 0.5) is 0 Å². The second-order valence-corrected chi connectivity index (χ2v) is 4.59. The van der Waals surface area contributed by atoms with E-state index in [1.165, 1.54) is 0 Å². The Morgan fingerprint density at radius 3 is 0.857 bits per heavy atom. The van der Waals surface area contributed by atoms with E-state index >= 15 is 0 Å². The van der Waals surface area contributed by atoms with Crippen molar-refractivity contribution in [2.24, 2.45) is 11.5 Å². The van der Waals surface area contributed by atoms with Gasteiger partial charge in [-0.25, -0.2) is 0 Å². The van der Waals surface area contributed by atoms with Crippen LogP contribution in [-0.4, -0.2) is 55.4 Å². The lowest BCUT2D eigenvalue weighted by molar-refractivity contribution is -0.150. The zero-order valence-electron chi connectivity index (χ0n) is 11.1. The van der Waals surface area contributed by atoms with Gasteiger partial charge in [-0.3, -0.25) is 19.2 Å². The molecule has 0 aromatic rings. The van der Waals surface area contributed by atoms with Crippen LogP contribution in [0.2, 0.25) is 0 Å². The molecule has 11 heteroatoms. The Morgan fingerprint density at radius 2 is 0.762 bits per heavy atom. The summed E-state index contributed by atoms with van der Waals surface area (Å²) in [6.45, 7) is 0. The monoisotopic (exact) mass is 309 g/mol. The van der Waals surface area contributed by atoms with Crippen molar-refractivity contribution in [2.75, 3.05) is 0 Å². The molecule has 0 aliphatic rings. The molecule has 21 heavy (non-hydrogen) atoms. The molecule has 0 aromatic carbocycles. The van der Waals surface area contributed by atoms with E-state index < -0.39 is 60.6 Å². The van der Waals surface area contributed by atoms with Gasteiger partial charge in [-0.1, -0.05) is 0 Å². The minimum Gasteiger partial charge on any atom is -0.481 e. The number of rotatable bonds is 9.